The fraction of sp³-hybridized carbons (Fsp3) is 0.182. The van der Waals surface area contributed by atoms with E-state index in [0.29, 0.717) is 10.8 Å². The zero-order chi connectivity index (χ0) is 13.8. The monoisotopic (exact) mass is 297 g/mol. The van der Waals surface area contributed by atoms with Crippen LogP contribution in [0.2, 0.25) is 0 Å². The quantitative estimate of drug-likeness (QED) is 0.812. The molecule has 1 aromatic heterocycles. The summed E-state index contributed by atoms with van der Waals surface area (Å²) in [5.74, 6) is -1.10. The standard InChI is InChI=1S/C11H11N3O3S2/c1-18-8-4-2-7(3-5-8)14-10(17)12-13-11(14)19-6-9(15)16/h2-5H,6H2,1H3,(H,12,17)(H,15,16). The van der Waals surface area contributed by atoms with Crippen molar-refractivity contribution in [3.63, 3.8) is 0 Å². The average molecular weight is 297 g/mol. The van der Waals surface area contributed by atoms with Gasteiger partial charge in [-0.2, -0.15) is 0 Å². The Bertz CT molecular complexity index is 633. The highest BCUT2D eigenvalue weighted by atomic mass is 32.2. The predicted octanol–water partition coefficient (Wildman–Crippen LogP) is 1.46. The van der Waals surface area contributed by atoms with Gasteiger partial charge in [0.25, 0.3) is 0 Å². The smallest absolute Gasteiger partial charge is 0.348 e. The van der Waals surface area contributed by atoms with Crippen LogP contribution in [0.5, 0.6) is 0 Å². The molecule has 8 heteroatoms. The number of H-pyrrole nitrogens is 1. The van der Waals surface area contributed by atoms with E-state index in [2.05, 4.69) is 10.2 Å². The molecule has 1 heterocycles. The molecule has 0 aliphatic heterocycles. The van der Waals surface area contributed by atoms with Crippen molar-refractivity contribution in [2.45, 2.75) is 10.1 Å². The number of aliphatic carboxylic acids is 1. The van der Waals surface area contributed by atoms with Crippen LogP contribution < -0.4 is 5.69 Å². The molecule has 2 N–H and O–H groups in total. The number of carboxylic acid groups (broad SMARTS) is 1. The summed E-state index contributed by atoms with van der Waals surface area (Å²) in [5, 5.41) is 15.2. The van der Waals surface area contributed by atoms with E-state index >= 15 is 0 Å². The van der Waals surface area contributed by atoms with E-state index in [1.807, 2.05) is 18.4 Å². The highest BCUT2D eigenvalue weighted by Crippen LogP contribution is 2.20. The molecule has 2 rings (SSSR count). The Hall–Kier alpha value is -1.67. The van der Waals surface area contributed by atoms with Gasteiger partial charge in [-0.1, -0.05) is 11.8 Å². The fourth-order valence-corrected chi connectivity index (χ4v) is 2.55. The molecule has 0 aliphatic rings. The van der Waals surface area contributed by atoms with E-state index in [-0.39, 0.29) is 11.4 Å². The second-order valence-electron chi connectivity index (χ2n) is 3.53. The second-order valence-corrected chi connectivity index (χ2v) is 5.35. The molecule has 0 spiro atoms. The summed E-state index contributed by atoms with van der Waals surface area (Å²) in [6.45, 7) is 0. The van der Waals surface area contributed by atoms with Gasteiger partial charge in [0, 0.05) is 4.90 Å². The Morgan fingerprint density at radius 1 is 1.42 bits per heavy atom. The number of rotatable bonds is 5. The minimum Gasteiger partial charge on any atom is -0.481 e. The molecule has 0 saturated carbocycles. The zero-order valence-corrected chi connectivity index (χ0v) is 11.6. The average Bonchev–Trinajstić information content (AvgIpc) is 2.78. The molecule has 0 atom stereocenters. The van der Waals surface area contributed by atoms with Crippen molar-refractivity contribution in [3.05, 3.63) is 34.7 Å². The van der Waals surface area contributed by atoms with Gasteiger partial charge in [-0.15, -0.1) is 16.9 Å². The third kappa shape index (κ3) is 3.21. The maximum Gasteiger partial charge on any atom is 0.348 e. The van der Waals surface area contributed by atoms with E-state index in [1.54, 1.807) is 23.9 Å². The third-order valence-corrected chi connectivity index (χ3v) is 3.96. The minimum absolute atomic E-state index is 0.146. The van der Waals surface area contributed by atoms with Gasteiger partial charge in [0.1, 0.15) is 0 Å². The van der Waals surface area contributed by atoms with Crippen LogP contribution >= 0.6 is 23.5 Å². The lowest BCUT2D eigenvalue weighted by atomic mass is 10.3. The molecule has 0 amide bonds. The number of benzene rings is 1. The largest absolute Gasteiger partial charge is 0.481 e. The maximum atomic E-state index is 11.7. The number of nitrogens with zero attached hydrogens (tertiary/aromatic N) is 2. The number of carbonyl (C=O) groups is 1. The van der Waals surface area contributed by atoms with E-state index in [0.717, 1.165) is 16.7 Å². The van der Waals surface area contributed by atoms with Crippen molar-refractivity contribution in [1.29, 1.82) is 0 Å². The van der Waals surface area contributed by atoms with Gasteiger partial charge in [0.2, 0.25) is 0 Å². The van der Waals surface area contributed by atoms with Gasteiger partial charge in [0.15, 0.2) is 5.16 Å². The molecule has 0 fully saturated rings. The zero-order valence-electron chi connectivity index (χ0n) is 9.99. The van der Waals surface area contributed by atoms with E-state index in [4.69, 9.17) is 5.11 Å². The Morgan fingerprint density at radius 2 is 2.11 bits per heavy atom. The Labute approximate surface area is 117 Å². The fourth-order valence-electron chi connectivity index (χ4n) is 1.46. The first kappa shape index (κ1) is 13.8. The first-order valence-electron chi connectivity index (χ1n) is 5.28. The van der Waals surface area contributed by atoms with E-state index in [9.17, 15) is 9.59 Å². The van der Waals surface area contributed by atoms with Crippen molar-refractivity contribution in [3.8, 4) is 5.69 Å². The molecule has 100 valence electrons. The van der Waals surface area contributed by atoms with Crippen molar-refractivity contribution in [2.75, 3.05) is 12.0 Å². The molecule has 19 heavy (non-hydrogen) atoms. The normalized spacial score (nSPS) is 10.6. The van der Waals surface area contributed by atoms with Crippen LogP contribution in [0, 0.1) is 0 Å². The van der Waals surface area contributed by atoms with Crippen molar-refractivity contribution in [1.82, 2.24) is 14.8 Å². The molecule has 1 aromatic carbocycles. The number of aromatic nitrogens is 3. The molecule has 0 aliphatic carbocycles. The third-order valence-electron chi connectivity index (χ3n) is 2.30. The van der Waals surface area contributed by atoms with E-state index in [1.165, 1.54) is 4.57 Å². The summed E-state index contributed by atoms with van der Waals surface area (Å²) in [4.78, 5) is 23.4. The van der Waals surface area contributed by atoms with Crippen LogP contribution in [0.25, 0.3) is 5.69 Å². The van der Waals surface area contributed by atoms with Crippen LogP contribution in [0.3, 0.4) is 0 Å². The lowest BCUT2D eigenvalue weighted by Crippen LogP contribution is -2.15. The van der Waals surface area contributed by atoms with Gasteiger partial charge in [-0.05, 0) is 30.5 Å². The lowest BCUT2D eigenvalue weighted by Gasteiger charge is -2.05. The Balaban J connectivity index is 2.34. The van der Waals surface area contributed by atoms with Crippen molar-refractivity contribution >= 4 is 29.5 Å². The highest BCUT2D eigenvalue weighted by molar-refractivity contribution is 7.99. The summed E-state index contributed by atoms with van der Waals surface area (Å²) >= 11 is 2.60. The lowest BCUT2D eigenvalue weighted by molar-refractivity contribution is -0.133. The van der Waals surface area contributed by atoms with Crippen LogP contribution in [0.4, 0.5) is 0 Å². The van der Waals surface area contributed by atoms with Crippen LogP contribution in [-0.2, 0) is 4.79 Å². The number of thioether (sulfide) groups is 2. The van der Waals surface area contributed by atoms with Gasteiger partial charge < -0.3 is 5.11 Å². The van der Waals surface area contributed by atoms with Crippen LogP contribution in [-0.4, -0.2) is 37.8 Å². The summed E-state index contributed by atoms with van der Waals surface area (Å²) in [5.41, 5.74) is 0.272. The molecule has 2 aromatic rings. The Morgan fingerprint density at radius 3 is 2.68 bits per heavy atom. The highest BCUT2D eigenvalue weighted by Gasteiger charge is 2.12. The number of aromatic amines is 1. The summed E-state index contributed by atoms with van der Waals surface area (Å²) in [7, 11) is 0. The minimum atomic E-state index is -0.954. The van der Waals surface area contributed by atoms with Gasteiger partial charge in [-0.3, -0.25) is 4.79 Å². The number of nitrogens with one attached hydrogen (secondary N) is 1. The number of hydrogen-bond donors (Lipinski definition) is 2. The summed E-state index contributed by atoms with van der Waals surface area (Å²) in [6, 6.07) is 7.39. The molecule has 0 saturated heterocycles. The number of hydrogen-bond acceptors (Lipinski definition) is 5. The second kappa shape index (κ2) is 5.98. The SMILES string of the molecule is CSc1ccc(-n2c(SCC(=O)O)n[nH]c2=O)cc1. The van der Waals surface area contributed by atoms with Gasteiger partial charge >= 0.3 is 11.7 Å². The molecule has 6 nitrogen and oxygen atoms in total. The molecule has 0 radical (unpaired) electrons. The molecular formula is C11H11N3O3S2. The van der Waals surface area contributed by atoms with Gasteiger partial charge in [-0.25, -0.2) is 14.5 Å². The number of carboxylic acids is 1. The van der Waals surface area contributed by atoms with Crippen LogP contribution in [0.1, 0.15) is 0 Å². The molecule has 0 unspecified atom stereocenters. The van der Waals surface area contributed by atoms with Gasteiger partial charge in [0.05, 0.1) is 11.4 Å². The summed E-state index contributed by atoms with van der Waals surface area (Å²) < 4.78 is 1.36. The predicted molar refractivity (Wildman–Crippen MR) is 74.3 cm³/mol. The first-order valence-corrected chi connectivity index (χ1v) is 7.49. The van der Waals surface area contributed by atoms with Crippen molar-refractivity contribution < 1.29 is 9.90 Å². The maximum absolute atomic E-state index is 11.7. The summed E-state index contributed by atoms with van der Waals surface area (Å²) in [6.07, 6.45) is 1.97. The molecule has 0 bridgehead atoms. The van der Waals surface area contributed by atoms with E-state index < -0.39 is 5.97 Å². The van der Waals surface area contributed by atoms with Crippen molar-refractivity contribution in [2.24, 2.45) is 0 Å². The molecular weight excluding hydrogens is 286 g/mol. The topological polar surface area (TPSA) is 88.0 Å². The first-order chi connectivity index (χ1) is 9.11. The van der Waals surface area contributed by atoms with Crippen LogP contribution in [0.15, 0.2) is 39.1 Å². The Kier molecular flexibility index (Phi) is 4.33.